The maximum absolute atomic E-state index is 12.6. The normalized spacial score (nSPS) is 33.0. The number of methoxy groups -OCH3 is 3. The van der Waals surface area contributed by atoms with Crippen LogP contribution < -0.4 is 4.57 Å². The monoisotopic (exact) mass is 392 g/mol. The molecule has 2 bridgehead atoms. The Labute approximate surface area is 161 Å². The maximum atomic E-state index is 12.6. The standard InChI is InChI=1S/C19H22NO6S/c1-24-17(21)11-5-4-8-20-14-9-6-7-10(15(14)27-16(11)20)13(19(23)26-3)12(9)18(22)25-2/h4-5,8-10,12-15H,6-7H2,1-3H3/q+1/t9-,10-,12-,13+,14+,15+/m1/s1. The van der Waals surface area contributed by atoms with Gasteiger partial charge in [0.1, 0.15) is 5.56 Å². The van der Waals surface area contributed by atoms with Crippen LogP contribution in [-0.2, 0) is 23.8 Å². The molecule has 0 radical (unpaired) electrons. The fourth-order valence-electron chi connectivity index (χ4n) is 5.23. The van der Waals surface area contributed by atoms with Crippen LogP contribution in [0.5, 0.6) is 0 Å². The third kappa shape index (κ3) is 2.56. The van der Waals surface area contributed by atoms with Gasteiger partial charge in [0.2, 0.25) is 0 Å². The van der Waals surface area contributed by atoms with Gasteiger partial charge in [-0.1, -0.05) is 0 Å². The number of carbonyl (C=O) groups excluding carboxylic acids is 3. The first kappa shape index (κ1) is 18.3. The van der Waals surface area contributed by atoms with Gasteiger partial charge in [-0.25, -0.2) is 4.79 Å². The van der Waals surface area contributed by atoms with E-state index in [4.69, 9.17) is 14.2 Å². The molecular weight excluding hydrogens is 370 g/mol. The van der Waals surface area contributed by atoms with Crippen LogP contribution in [0.25, 0.3) is 0 Å². The van der Waals surface area contributed by atoms with Gasteiger partial charge in [0.15, 0.2) is 12.2 Å². The molecule has 7 nitrogen and oxygen atoms in total. The number of hydrogen-bond acceptors (Lipinski definition) is 7. The SMILES string of the molecule is COC(=O)c1ccc[n+]2c1S[C@H]1[C@@H]3CC[C@H]([C@@H](C(=O)OC)[C@H]3C(=O)OC)[C@@H]12. The van der Waals surface area contributed by atoms with Crippen LogP contribution in [0.2, 0.25) is 0 Å². The number of esters is 3. The van der Waals surface area contributed by atoms with Gasteiger partial charge >= 0.3 is 17.9 Å². The molecule has 27 heavy (non-hydrogen) atoms. The van der Waals surface area contributed by atoms with Crippen molar-refractivity contribution < 1.29 is 33.2 Å². The smallest absolute Gasteiger partial charge is 0.345 e. The van der Waals surface area contributed by atoms with Crippen LogP contribution in [0.1, 0.15) is 29.2 Å². The molecule has 1 aromatic rings. The molecule has 2 heterocycles. The third-order valence-electron chi connectivity index (χ3n) is 6.24. The minimum absolute atomic E-state index is 0.00746. The number of aromatic nitrogens is 1. The van der Waals surface area contributed by atoms with E-state index in [1.165, 1.54) is 21.3 Å². The Hall–Kier alpha value is -2.09. The van der Waals surface area contributed by atoms with Crippen molar-refractivity contribution in [3.63, 3.8) is 0 Å². The summed E-state index contributed by atoms with van der Waals surface area (Å²) in [4.78, 5) is 37.3. The van der Waals surface area contributed by atoms with Gasteiger partial charge in [0.25, 0.3) is 5.03 Å². The summed E-state index contributed by atoms with van der Waals surface area (Å²) in [5.41, 5.74) is 0.517. The summed E-state index contributed by atoms with van der Waals surface area (Å²) in [5, 5.41) is 0.949. The summed E-state index contributed by atoms with van der Waals surface area (Å²) in [7, 11) is 4.08. The lowest BCUT2D eigenvalue weighted by molar-refractivity contribution is -0.762. The second kappa shape index (κ2) is 6.82. The van der Waals surface area contributed by atoms with Crippen LogP contribution >= 0.6 is 11.8 Å². The second-order valence-corrected chi connectivity index (χ2v) is 8.37. The summed E-state index contributed by atoms with van der Waals surface area (Å²) in [5.74, 6) is -2.17. The molecule has 1 aliphatic heterocycles. The molecule has 6 atom stereocenters. The lowest BCUT2D eigenvalue weighted by atomic mass is 9.56. The number of fused-ring (bicyclic) bond motifs is 3. The molecule has 0 saturated heterocycles. The van der Waals surface area contributed by atoms with Crippen molar-refractivity contribution in [2.24, 2.45) is 23.7 Å². The molecule has 3 aliphatic carbocycles. The Kier molecular flexibility index (Phi) is 4.61. The molecule has 0 amide bonds. The predicted molar refractivity (Wildman–Crippen MR) is 93.9 cm³/mol. The van der Waals surface area contributed by atoms with Gasteiger partial charge in [-0.05, 0) is 36.6 Å². The number of pyridine rings is 1. The minimum Gasteiger partial charge on any atom is -0.469 e. The molecule has 3 fully saturated rings. The van der Waals surface area contributed by atoms with E-state index in [1.807, 2.05) is 12.3 Å². The van der Waals surface area contributed by atoms with Crippen molar-refractivity contribution in [1.82, 2.24) is 0 Å². The average molecular weight is 392 g/mol. The summed E-state index contributed by atoms with van der Waals surface area (Å²) in [6.45, 7) is 0. The molecule has 0 aromatic carbocycles. The number of thioether (sulfide) groups is 1. The molecular formula is C19H22NO6S+. The second-order valence-electron chi connectivity index (χ2n) is 7.20. The zero-order valence-electron chi connectivity index (χ0n) is 15.4. The predicted octanol–water partition coefficient (Wildman–Crippen LogP) is 1.39. The largest absolute Gasteiger partial charge is 0.469 e. The number of nitrogens with zero attached hydrogens (tertiary/aromatic N) is 1. The van der Waals surface area contributed by atoms with Crippen LogP contribution in [0.3, 0.4) is 0 Å². The Balaban J connectivity index is 1.80. The fourth-order valence-corrected chi connectivity index (χ4v) is 7.02. The topological polar surface area (TPSA) is 82.8 Å². The van der Waals surface area contributed by atoms with E-state index in [2.05, 4.69) is 4.57 Å². The molecule has 8 heteroatoms. The maximum Gasteiger partial charge on any atom is 0.345 e. The molecule has 3 saturated carbocycles. The van der Waals surface area contributed by atoms with Crippen molar-refractivity contribution in [3.8, 4) is 0 Å². The third-order valence-corrected chi connectivity index (χ3v) is 7.79. The summed E-state index contributed by atoms with van der Waals surface area (Å²) >= 11 is 1.61. The summed E-state index contributed by atoms with van der Waals surface area (Å²) in [6.07, 6.45) is 3.64. The zero-order chi connectivity index (χ0) is 19.3. The Morgan fingerprint density at radius 3 is 2.26 bits per heavy atom. The van der Waals surface area contributed by atoms with Gasteiger partial charge in [0, 0.05) is 12.0 Å². The molecule has 1 aromatic heterocycles. The summed E-state index contributed by atoms with van der Waals surface area (Å²) < 4.78 is 17.1. The average Bonchev–Trinajstić information content (AvgIpc) is 3.12. The van der Waals surface area contributed by atoms with Gasteiger partial charge in [-0.15, -0.1) is 0 Å². The Morgan fingerprint density at radius 2 is 1.63 bits per heavy atom. The quantitative estimate of drug-likeness (QED) is 0.437. The van der Waals surface area contributed by atoms with Crippen LogP contribution in [0.4, 0.5) is 0 Å². The van der Waals surface area contributed by atoms with E-state index in [0.717, 1.165) is 17.9 Å². The van der Waals surface area contributed by atoms with E-state index in [1.54, 1.807) is 17.8 Å². The van der Waals surface area contributed by atoms with Crippen molar-refractivity contribution in [2.45, 2.75) is 29.2 Å². The molecule has 0 unspecified atom stereocenters. The lowest BCUT2D eigenvalue weighted by Crippen LogP contribution is -2.61. The first-order chi connectivity index (χ1) is 13.0. The number of carbonyl (C=O) groups is 3. The highest BCUT2D eigenvalue weighted by molar-refractivity contribution is 8.00. The van der Waals surface area contributed by atoms with Crippen LogP contribution in [0.15, 0.2) is 23.4 Å². The molecule has 5 rings (SSSR count). The Morgan fingerprint density at radius 1 is 1.00 bits per heavy atom. The van der Waals surface area contributed by atoms with Gasteiger partial charge in [-0.2, -0.15) is 4.57 Å². The van der Waals surface area contributed by atoms with Crippen molar-refractivity contribution in [2.75, 3.05) is 21.3 Å². The highest BCUT2D eigenvalue weighted by Gasteiger charge is 2.66. The highest BCUT2D eigenvalue weighted by Crippen LogP contribution is 2.60. The van der Waals surface area contributed by atoms with E-state index in [0.29, 0.717) is 5.56 Å². The number of rotatable bonds is 3. The van der Waals surface area contributed by atoms with Gasteiger partial charge < -0.3 is 14.2 Å². The van der Waals surface area contributed by atoms with E-state index in [-0.39, 0.29) is 41.0 Å². The molecule has 144 valence electrons. The van der Waals surface area contributed by atoms with Crippen molar-refractivity contribution in [1.29, 1.82) is 0 Å². The van der Waals surface area contributed by atoms with Crippen LogP contribution in [0, 0.1) is 23.7 Å². The van der Waals surface area contributed by atoms with Gasteiger partial charge in [-0.3, -0.25) is 9.59 Å². The highest BCUT2D eigenvalue weighted by atomic mass is 32.2. The summed E-state index contributed by atoms with van der Waals surface area (Å²) in [6, 6.07) is 3.61. The number of hydrogen-bond donors (Lipinski definition) is 0. The zero-order valence-corrected chi connectivity index (χ0v) is 16.2. The Bertz CT molecular complexity index is 811. The van der Waals surface area contributed by atoms with E-state index in [9.17, 15) is 14.4 Å². The van der Waals surface area contributed by atoms with Gasteiger partial charge in [0.05, 0.1) is 38.4 Å². The minimum atomic E-state index is -0.525. The van der Waals surface area contributed by atoms with E-state index >= 15 is 0 Å². The van der Waals surface area contributed by atoms with E-state index < -0.39 is 11.8 Å². The molecule has 0 spiro atoms. The van der Waals surface area contributed by atoms with Crippen molar-refractivity contribution in [3.05, 3.63) is 23.9 Å². The lowest BCUT2D eigenvalue weighted by Gasteiger charge is -2.49. The fraction of sp³-hybridized carbons (Fsp3) is 0.579. The van der Waals surface area contributed by atoms with Crippen LogP contribution in [-0.4, -0.2) is 44.5 Å². The first-order valence-corrected chi connectivity index (χ1v) is 9.86. The van der Waals surface area contributed by atoms with Crippen molar-refractivity contribution >= 4 is 29.7 Å². The molecule has 0 N–H and O–H groups in total. The number of ether oxygens (including phenoxy) is 3. The first-order valence-electron chi connectivity index (χ1n) is 8.98. The molecule has 4 aliphatic rings.